The lowest BCUT2D eigenvalue weighted by atomic mass is 9.97. The molecule has 0 aliphatic rings. The fraction of sp³-hybridized carbons (Fsp3) is 0.0714. The highest BCUT2D eigenvalue weighted by molar-refractivity contribution is 5.71. The van der Waals surface area contributed by atoms with Gasteiger partial charge in [-0.1, -0.05) is 48.5 Å². The third-order valence-electron chi connectivity index (χ3n) is 2.47. The summed E-state index contributed by atoms with van der Waals surface area (Å²) in [4.78, 5) is 0. The average molecular weight is 193 g/mol. The van der Waals surface area contributed by atoms with Gasteiger partial charge >= 0.3 is 0 Å². The lowest BCUT2D eigenvalue weighted by Crippen LogP contribution is -1.87. The number of hydrogen-bond donors (Lipinski definition) is 0. The molecule has 15 heavy (non-hydrogen) atoms. The van der Waals surface area contributed by atoms with Gasteiger partial charge in [-0.15, -0.1) is 0 Å². The van der Waals surface area contributed by atoms with E-state index in [1.54, 1.807) is 0 Å². The number of rotatable bonds is 1. The molecule has 1 heteroatoms. The SMILES string of the molecule is Cc1cccc(-c2ccccc2)c1C#N. The second kappa shape index (κ2) is 3.98. The molecule has 0 amide bonds. The molecule has 0 saturated carbocycles. The van der Waals surface area contributed by atoms with Crippen LogP contribution in [0.4, 0.5) is 0 Å². The Morgan fingerprint density at radius 1 is 0.933 bits per heavy atom. The average Bonchev–Trinajstić information content (AvgIpc) is 2.30. The van der Waals surface area contributed by atoms with Crippen LogP contribution in [0.3, 0.4) is 0 Å². The van der Waals surface area contributed by atoms with Gasteiger partial charge in [-0.2, -0.15) is 5.26 Å². The number of hydrogen-bond acceptors (Lipinski definition) is 1. The van der Waals surface area contributed by atoms with Crippen LogP contribution in [0.5, 0.6) is 0 Å². The maximum Gasteiger partial charge on any atom is 0.100 e. The van der Waals surface area contributed by atoms with E-state index in [0.717, 1.165) is 22.3 Å². The third-order valence-corrected chi connectivity index (χ3v) is 2.47. The van der Waals surface area contributed by atoms with E-state index < -0.39 is 0 Å². The van der Waals surface area contributed by atoms with Crippen LogP contribution in [0, 0.1) is 18.3 Å². The van der Waals surface area contributed by atoms with Gasteiger partial charge < -0.3 is 0 Å². The summed E-state index contributed by atoms with van der Waals surface area (Å²) in [5, 5.41) is 9.11. The summed E-state index contributed by atoms with van der Waals surface area (Å²) in [5.74, 6) is 0. The minimum absolute atomic E-state index is 0.767. The number of nitrogens with zero attached hydrogens (tertiary/aromatic N) is 1. The molecule has 1 nitrogen and oxygen atoms in total. The van der Waals surface area contributed by atoms with E-state index >= 15 is 0 Å². The lowest BCUT2D eigenvalue weighted by Gasteiger charge is -2.05. The van der Waals surface area contributed by atoms with Crippen LogP contribution in [-0.2, 0) is 0 Å². The Balaban J connectivity index is 2.65. The van der Waals surface area contributed by atoms with Crippen LogP contribution >= 0.6 is 0 Å². The quantitative estimate of drug-likeness (QED) is 0.679. The van der Waals surface area contributed by atoms with E-state index in [-0.39, 0.29) is 0 Å². The zero-order valence-electron chi connectivity index (χ0n) is 8.57. The first-order chi connectivity index (χ1) is 7.33. The molecular weight excluding hydrogens is 182 g/mol. The Morgan fingerprint density at radius 2 is 1.67 bits per heavy atom. The first-order valence-corrected chi connectivity index (χ1v) is 4.88. The van der Waals surface area contributed by atoms with Crippen molar-refractivity contribution in [2.75, 3.05) is 0 Å². The Bertz CT molecular complexity index is 507. The minimum Gasteiger partial charge on any atom is -0.192 e. The first-order valence-electron chi connectivity index (χ1n) is 4.88. The van der Waals surface area contributed by atoms with E-state index in [1.807, 2.05) is 55.5 Å². The zero-order chi connectivity index (χ0) is 10.7. The maximum absolute atomic E-state index is 9.11. The molecule has 72 valence electrons. The van der Waals surface area contributed by atoms with Gasteiger partial charge in [-0.3, -0.25) is 0 Å². The van der Waals surface area contributed by atoms with E-state index in [0.29, 0.717) is 0 Å². The normalized spacial score (nSPS) is 9.60. The first kappa shape index (κ1) is 9.48. The number of nitriles is 1. The highest BCUT2D eigenvalue weighted by Gasteiger charge is 2.05. The third kappa shape index (κ3) is 1.75. The molecule has 0 fully saturated rings. The van der Waals surface area contributed by atoms with Gasteiger partial charge in [0, 0.05) is 0 Å². The van der Waals surface area contributed by atoms with Gasteiger partial charge in [-0.25, -0.2) is 0 Å². The molecule has 0 atom stereocenters. The molecule has 2 rings (SSSR count). The highest BCUT2D eigenvalue weighted by Crippen LogP contribution is 2.24. The summed E-state index contributed by atoms with van der Waals surface area (Å²) in [6, 6.07) is 18.2. The van der Waals surface area contributed by atoms with Crippen molar-refractivity contribution < 1.29 is 0 Å². The Labute approximate surface area is 89.6 Å². The van der Waals surface area contributed by atoms with Gasteiger partial charge in [0.15, 0.2) is 0 Å². The summed E-state index contributed by atoms with van der Waals surface area (Å²) in [7, 11) is 0. The van der Waals surface area contributed by atoms with E-state index in [9.17, 15) is 0 Å². The molecule has 2 aromatic rings. The van der Waals surface area contributed by atoms with Gasteiger partial charge in [0.1, 0.15) is 6.07 Å². The molecule has 0 heterocycles. The van der Waals surface area contributed by atoms with E-state index in [1.165, 1.54) is 0 Å². The highest BCUT2D eigenvalue weighted by atomic mass is 14.3. The molecule has 0 spiro atoms. The van der Waals surface area contributed by atoms with Crippen molar-refractivity contribution in [3.05, 3.63) is 59.7 Å². The Hall–Kier alpha value is -2.07. The van der Waals surface area contributed by atoms with Crippen molar-refractivity contribution in [1.82, 2.24) is 0 Å². The topological polar surface area (TPSA) is 23.8 Å². The summed E-state index contributed by atoms with van der Waals surface area (Å²) in [6.45, 7) is 1.96. The van der Waals surface area contributed by atoms with Crippen molar-refractivity contribution in [3.63, 3.8) is 0 Å². The molecule has 0 aliphatic heterocycles. The second-order valence-electron chi connectivity index (χ2n) is 3.48. The minimum atomic E-state index is 0.767. The summed E-state index contributed by atoms with van der Waals surface area (Å²) in [6.07, 6.45) is 0. The van der Waals surface area contributed by atoms with Crippen LogP contribution in [0.15, 0.2) is 48.5 Å². The molecule has 0 bridgehead atoms. The predicted octanol–water partition coefficient (Wildman–Crippen LogP) is 3.53. The van der Waals surface area contributed by atoms with Crippen molar-refractivity contribution in [2.24, 2.45) is 0 Å². The Kier molecular flexibility index (Phi) is 2.51. The molecule has 0 unspecified atom stereocenters. The molecule has 0 aromatic heterocycles. The van der Waals surface area contributed by atoms with Crippen LogP contribution in [-0.4, -0.2) is 0 Å². The largest absolute Gasteiger partial charge is 0.192 e. The van der Waals surface area contributed by atoms with Crippen molar-refractivity contribution in [3.8, 4) is 17.2 Å². The number of aryl methyl sites for hydroxylation is 1. The smallest absolute Gasteiger partial charge is 0.100 e. The van der Waals surface area contributed by atoms with Crippen LogP contribution in [0.25, 0.3) is 11.1 Å². The lowest BCUT2D eigenvalue weighted by molar-refractivity contribution is 1.39. The molecule has 0 N–H and O–H groups in total. The van der Waals surface area contributed by atoms with Gasteiger partial charge in [0.05, 0.1) is 5.56 Å². The fourth-order valence-electron chi connectivity index (χ4n) is 1.67. The predicted molar refractivity (Wildman–Crippen MR) is 61.3 cm³/mol. The van der Waals surface area contributed by atoms with Crippen LogP contribution in [0.1, 0.15) is 11.1 Å². The number of benzene rings is 2. The summed E-state index contributed by atoms with van der Waals surface area (Å²) < 4.78 is 0. The molecule has 0 aliphatic carbocycles. The fourth-order valence-corrected chi connectivity index (χ4v) is 1.67. The zero-order valence-corrected chi connectivity index (χ0v) is 8.57. The molecular formula is C14H11N. The second-order valence-corrected chi connectivity index (χ2v) is 3.48. The van der Waals surface area contributed by atoms with Crippen molar-refractivity contribution in [1.29, 1.82) is 5.26 Å². The van der Waals surface area contributed by atoms with Gasteiger partial charge in [0.25, 0.3) is 0 Å². The van der Waals surface area contributed by atoms with Crippen LogP contribution in [0.2, 0.25) is 0 Å². The maximum atomic E-state index is 9.11. The van der Waals surface area contributed by atoms with Crippen molar-refractivity contribution in [2.45, 2.75) is 6.92 Å². The molecule has 0 saturated heterocycles. The Morgan fingerprint density at radius 3 is 2.33 bits per heavy atom. The molecule has 2 aromatic carbocycles. The van der Waals surface area contributed by atoms with Crippen LogP contribution < -0.4 is 0 Å². The van der Waals surface area contributed by atoms with E-state index in [4.69, 9.17) is 5.26 Å². The molecule has 0 radical (unpaired) electrons. The summed E-state index contributed by atoms with van der Waals surface area (Å²) in [5.41, 5.74) is 3.90. The van der Waals surface area contributed by atoms with Gasteiger partial charge in [-0.05, 0) is 23.6 Å². The van der Waals surface area contributed by atoms with Gasteiger partial charge in [0.2, 0.25) is 0 Å². The monoisotopic (exact) mass is 193 g/mol. The van der Waals surface area contributed by atoms with E-state index in [2.05, 4.69) is 6.07 Å². The summed E-state index contributed by atoms with van der Waals surface area (Å²) >= 11 is 0. The van der Waals surface area contributed by atoms with Crippen molar-refractivity contribution >= 4 is 0 Å². The standard InChI is InChI=1S/C14H11N/c1-11-6-5-9-13(14(11)10-15)12-7-3-2-4-8-12/h2-9H,1H3.